The second-order valence-corrected chi connectivity index (χ2v) is 5.38. The zero-order valence-corrected chi connectivity index (χ0v) is 10.2. The van der Waals surface area contributed by atoms with Gasteiger partial charge in [-0.2, -0.15) is 0 Å². The molecule has 0 bridgehead atoms. The Labute approximate surface area is 101 Å². The van der Waals surface area contributed by atoms with Crippen molar-refractivity contribution in [3.05, 3.63) is 23.8 Å². The molecule has 0 saturated carbocycles. The number of aromatic hydroxyl groups is 1. The number of phenolic OH excluding ortho intramolecular Hbond substituents is 1. The summed E-state index contributed by atoms with van der Waals surface area (Å²) in [5, 5.41) is 9.79. The number of benzene rings is 1. The van der Waals surface area contributed by atoms with Crippen LogP contribution in [0.25, 0.3) is 0 Å². The number of rotatable bonds is 1. The van der Waals surface area contributed by atoms with E-state index in [1.807, 2.05) is 0 Å². The Bertz CT molecular complexity index is 455. The third-order valence-electron chi connectivity index (χ3n) is 3.26. The summed E-state index contributed by atoms with van der Waals surface area (Å²) in [6.07, 6.45) is 0.988. The number of para-hydroxylation sites is 1. The standard InChI is InChI=1S/C13H18N2O2/c1-13(2)6-7-15(8-13)12(17)9-4-3-5-10(14)11(9)16/h3-5,16H,6-8,14H2,1-2H3. The lowest BCUT2D eigenvalue weighted by Gasteiger charge is -2.20. The topological polar surface area (TPSA) is 66.6 Å². The van der Waals surface area contributed by atoms with Gasteiger partial charge in [-0.05, 0) is 24.0 Å². The summed E-state index contributed by atoms with van der Waals surface area (Å²) in [4.78, 5) is 14.0. The third-order valence-corrected chi connectivity index (χ3v) is 3.26. The van der Waals surface area contributed by atoms with Gasteiger partial charge in [-0.1, -0.05) is 19.9 Å². The van der Waals surface area contributed by atoms with E-state index in [-0.39, 0.29) is 22.8 Å². The molecule has 1 heterocycles. The van der Waals surface area contributed by atoms with Crippen LogP contribution in [-0.4, -0.2) is 29.0 Å². The molecule has 0 aromatic heterocycles. The fourth-order valence-electron chi connectivity index (χ4n) is 2.19. The van der Waals surface area contributed by atoms with Crippen LogP contribution in [0.2, 0.25) is 0 Å². The van der Waals surface area contributed by atoms with Gasteiger partial charge >= 0.3 is 0 Å². The maximum Gasteiger partial charge on any atom is 0.257 e. The number of carbonyl (C=O) groups is 1. The normalized spacial score (nSPS) is 18.4. The van der Waals surface area contributed by atoms with E-state index < -0.39 is 0 Å². The molecule has 2 rings (SSSR count). The van der Waals surface area contributed by atoms with Crippen LogP contribution in [0.5, 0.6) is 5.75 Å². The minimum Gasteiger partial charge on any atom is -0.505 e. The SMILES string of the molecule is CC1(C)CCN(C(=O)c2cccc(N)c2O)C1. The summed E-state index contributed by atoms with van der Waals surface area (Å²) in [6.45, 7) is 5.74. The van der Waals surface area contributed by atoms with Gasteiger partial charge in [0.25, 0.3) is 5.91 Å². The van der Waals surface area contributed by atoms with Gasteiger partial charge in [0.1, 0.15) is 0 Å². The second-order valence-electron chi connectivity index (χ2n) is 5.38. The third kappa shape index (κ3) is 2.20. The summed E-state index contributed by atoms with van der Waals surface area (Å²) >= 11 is 0. The number of amides is 1. The molecule has 0 unspecified atom stereocenters. The number of hydrogen-bond donors (Lipinski definition) is 2. The molecule has 0 spiro atoms. The van der Waals surface area contributed by atoms with Gasteiger partial charge in [0.2, 0.25) is 0 Å². The van der Waals surface area contributed by atoms with Crippen LogP contribution in [-0.2, 0) is 0 Å². The summed E-state index contributed by atoms with van der Waals surface area (Å²) in [5.74, 6) is -0.248. The Kier molecular flexibility index (Phi) is 2.73. The molecule has 4 heteroatoms. The number of nitrogen functional groups attached to an aromatic ring is 1. The minimum absolute atomic E-state index is 0.109. The number of phenols is 1. The second kappa shape index (κ2) is 3.95. The molecule has 1 aromatic carbocycles. The summed E-state index contributed by atoms with van der Waals surface area (Å²) in [6, 6.07) is 4.88. The number of likely N-dealkylation sites (tertiary alicyclic amines) is 1. The van der Waals surface area contributed by atoms with Crippen molar-refractivity contribution < 1.29 is 9.90 Å². The van der Waals surface area contributed by atoms with E-state index >= 15 is 0 Å². The van der Waals surface area contributed by atoms with Crippen LogP contribution in [0.1, 0.15) is 30.6 Å². The highest BCUT2D eigenvalue weighted by atomic mass is 16.3. The zero-order valence-electron chi connectivity index (χ0n) is 10.2. The molecule has 17 heavy (non-hydrogen) atoms. The van der Waals surface area contributed by atoms with E-state index in [1.165, 1.54) is 0 Å². The Morgan fingerprint density at radius 2 is 2.18 bits per heavy atom. The molecule has 1 saturated heterocycles. The van der Waals surface area contributed by atoms with E-state index in [4.69, 9.17) is 5.73 Å². The van der Waals surface area contributed by atoms with Crippen LogP contribution >= 0.6 is 0 Å². The summed E-state index contributed by atoms with van der Waals surface area (Å²) in [7, 11) is 0. The molecule has 1 aliphatic rings. The van der Waals surface area contributed by atoms with Crippen molar-refractivity contribution in [1.29, 1.82) is 0 Å². The van der Waals surface area contributed by atoms with Crippen molar-refractivity contribution in [3.63, 3.8) is 0 Å². The van der Waals surface area contributed by atoms with Crippen LogP contribution in [0.15, 0.2) is 18.2 Å². The first-order valence-corrected chi connectivity index (χ1v) is 5.77. The summed E-state index contributed by atoms with van der Waals surface area (Å²) < 4.78 is 0. The predicted octanol–water partition coefficient (Wildman–Crippen LogP) is 1.85. The molecule has 1 aromatic rings. The molecule has 0 radical (unpaired) electrons. The quantitative estimate of drug-likeness (QED) is 0.575. The monoisotopic (exact) mass is 234 g/mol. The fourth-order valence-corrected chi connectivity index (χ4v) is 2.19. The fraction of sp³-hybridized carbons (Fsp3) is 0.462. The number of hydrogen-bond acceptors (Lipinski definition) is 3. The number of nitrogens with zero attached hydrogens (tertiary/aromatic N) is 1. The zero-order chi connectivity index (χ0) is 12.6. The Morgan fingerprint density at radius 1 is 1.47 bits per heavy atom. The lowest BCUT2D eigenvalue weighted by Crippen LogP contribution is -2.30. The molecule has 0 atom stereocenters. The Hall–Kier alpha value is -1.71. The first-order valence-electron chi connectivity index (χ1n) is 5.77. The Balaban J connectivity index is 2.24. The molecular weight excluding hydrogens is 216 g/mol. The molecule has 92 valence electrons. The molecule has 1 amide bonds. The average Bonchev–Trinajstić information content (AvgIpc) is 2.62. The highest BCUT2D eigenvalue weighted by Crippen LogP contribution is 2.32. The average molecular weight is 234 g/mol. The highest BCUT2D eigenvalue weighted by molar-refractivity contribution is 5.98. The molecular formula is C13H18N2O2. The van der Waals surface area contributed by atoms with Gasteiger partial charge in [-0.3, -0.25) is 4.79 Å². The Morgan fingerprint density at radius 3 is 2.76 bits per heavy atom. The van der Waals surface area contributed by atoms with E-state index in [1.54, 1.807) is 23.1 Å². The first kappa shape index (κ1) is 11.8. The lowest BCUT2D eigenvalue weighted by molar-refractivity contribution is 0.0775. The predicted molar refractivity (Wildman–Crippen MR) is 66.8 cm³/mol. The van der Waals surface area contributed by atoms with Crippen molar-refractivity contribution in [1.82, 2.24) is 4.90 Å². The smallest absolute Gasteiger partial charge is 0.257 e. The number of anilines is 1. The van der Waals surface area contributed by atoms with Crippen molar-refractivity contribution in [3.8, 4) is 5.75 Å². The molecule has 1 fully saturated rings. The van der Waals surface area contributed by atoms with E-state index in [0.29, 0.717) is 5.56 Å². The van der Waals surface area contributed by atoms with E-state index in [0.717, 1.165) is 19.5 Å². The van der Waals surface area contributed by atoms with Crippen LogP contribution in [0.3, 0.4) is 0 Å². The molecule has 4 nitrogen and oxygen atoms in total. The van der Waals surface area contributed by atoms with Gasteiger partial charge in [-0.15, -0.1) is 0 Å². The molecule has 0 aliphatic carbocycles. The lowest BCUT2D eigenvalue weighted by atomic mass is 9.93. The van der Waals surface area contributed by atoms with Crippen molar-refractivity contribution in [2.24, 2.45) is 5.41 Å². The maximum atomic E-state index is 12.2. The van der Waals surface area contributed by atoms with Crippen LogP contribution < -0.4 is 5.73 Å². The van der Waals surface area contributed by atoms with Gasteiger partial charge in [0, 0.05) is 13.1 Å². The minimum atomic E-state index is -0.139. The van der Waals surface area contributed by atoms with Gasteiger partial charge in [0.15, 0.2) is 5.75 Å². The first-order chi connectivity index (χ1) is 7.91. The molecule has 3 N–H and O–H groups in total. The van der Waals surface area contributed by atoms with Crippen molar-refractivity contribution in [2.75, 3.05) is 18.8 Å². The van der Waals surface area contributed by atoms with Crippen LogP contribution in [0.4, 0.5) is 5.69 Å². The number of nitrogens with two attached hydrogens (primary N) is 1. The van der Waals surface area contributed by atoms with Crippen LogP contribution in [0, 0.1) is 5.41 Å². The number of carbonyl (C=O) groups excluding carboxylic acids is 1. The maximum absolute atomic E-state index is 12.2. The highest BCUT2D eigenvalue weighted by Gasteiger charge is 2.33. The molecule has 1 aliphatic heterocycles. The van der Waals surface area contributed by atoms with E-state index in [2.05, 4.69) is 13.8 Å². The van der Waals surface area contributed by atoms with Crippen molar-refractivity contribution >= 4 is 11.6 Å². The summed E-state index contributed by atoms with van der Waals surface area (Å²) in [5.41, 5.74) is 6.29. The van der Waals surface area contributed by atoms with Gasteiger partial charge < -0.3 is 15.7 Å². The van der Waals surface area contributed by atoms with Crippen molar-refractivity contribution in [2.45, 2.75) is 20.3 Å². The van der Waals surface area contributed by atoms with E-state index in [9.17, 15) is 9.90 Å². The van der Waals surface area contributed by atoms with Gasteiger partial charge in [0.05, 0.1) is 11.3 Å². The largest absolute Gasteiger partial charge is 0.505 e. The van der Waals surface area contributed by atoms with Gasteiger partial charge in [-0.25, -0.2) is 0 Å².